The van der Waals surface area contributed by atoms with Crippen LogP contribution in [0.2, 0.25) is 0 Å². The van der Waals surface area contributed by atoms with Crippen LogP contribution in [0, 0.1) is 13.8 Å². The topological polar surface area (TPSA) is 68.9 Å². The van der Waals surface area contributed by atoms with E-state index < -0.39 is 0 Å². The third kappa shape index (κ3) is 3.02. The van der Waals surface area contributed by atoms with E-state index in [2.05, 4.69) is 24.2 Å². The Kier molecular flexibility index (Phi) is 4.21. The van der Waals surface area contributed by atoms with Crippen molar-refractivity contribution < 1.29 is 14.6 Å². The van der Waals surface area contributed by atoms with Crippen molar-refractivity contribution in [3.8, 4) is 34.0 Å². The average molecular weight is 387 g/mol. The Bertz CT molecular complexity index is 1230. The molecule has 1 aliphatic rings. The van der Waals surface area contributed by atoms with Crippen LogP contribution in [0.25, 0.3) is 28.2 Å². The summed E-state index contributed by atoms with van der Waals surface area (Å²) in [5.74, 6) is 2.22. The van der Waals surface area contributed by atoms with Crippen molar-refractivity contribution >= 4 is 5.65 Å². The summed E-state index contributed by atoms with van der Waals surface area (Å²) in [6, 6.07) is 14.1. The highest BCUT2D eigenvalue weighted by molar-refractivity contribution is 5.77. The number of aromatic nitrogens is 3. The molecule has 4 aromatic rings. The molecule has 1 N–H and O–H groups in total. The fourth-order valence-electron chi connectivity index (χ4n) is 3.82. The predicted octanol–water partition coefficient (Wildman–Crippen LogP) is 3.94. The fraction of sp³-hybridized carbons (Fsp3) is 0.217. The Morgan fingerprint density at radius 2 is 1.79 bits per heavy atom. The summed E-state index contributed by atoms with van der Waals surface area (Å²) in [6.07, 6.45) is 1.82. The average Bonchev–Trinajstić information content (AvgIpc) is 3.18. The highest BCUT2D eigenvalue weighted by Gasteiger charge is 2.16. The van der Waals surface area contributed by atoms with Gasteiger partial charge in [0, 0.05) is 11.8 Å². The van der Waals surface area contributed by atoms with E-state index in [4.69, 9.17) is 14.5 Å². The number of ether oxygens (including phenoxy) is 2. The van der Waals surface area contributed by atoms with Crippen molar-refractivity contribution in [2.45, 2.75) is 20.5 Å². The zero-order valence-electron chi connectivity index (χ0n) is 16.3. The molecule has 2 aromatic heterocycles. The van der Waals surface area contributed by atoms with Gasteiger partial charge in [-0.3, -0.25) is 0 Å². The molecule has 0 radical (unpaired) electrons. The van der Waals surface area contributed by atoms with E-state index in [0.29, 0.717) is 19.0 Å². The first-order valence-electron chi connectivity index (χ1n) is 9.61. The molecule has 0 saturated heterocycles. The summed E-state index contributed by atoms with van der Waals surface area (Å²) < 4.78 is 13.1. The van der Waals surface area contributed by atoms with Crippen LogP contribution < -0.4 is 9.47 Å². The first kappa shape index (κ1) is 17.7. The molecule has 3 heterocycles. The van der Waals surface area contributed by atoms with E-state index in [1.165, 1.54) is 0 Å². The van der Waals surface area contributed by atoms with Crippen LogP contribution in [0.4, 0.5) is 0 Å². The van der Waals surface area contributed by atoms with Crippen LogP contribution in [-0.2, 0) is 6.61 Å². The van der Waals surface area contributed by atoms with Gasteiger partial charge in [-0.2, -0.15) is 0 Å². The third-order valence-corrected chi connectivity index (χ3v) is 5.28. The number of fused-ring (bicyclic) bond motifs is 2. The molecule has 0 amide bonds. The molecule has 0 aliphatic carbocycles. The maximum absolute atomic E-state index is 9.46. The minimum absolute atomic E-state index is 0.0232. The molecular weight excluding hydrogens is 366 g/mol. The molecule has 146 valence electrons. The standard InChI is InChI=1S/C23H21N3O3/c1-14-10-16(13-27)12-26-23(14)24-22(25-26)19-5-3-4-18(15(19)2)17-6-7-20-21(11-17)29-9-8-28-20/h3-7,10-12,27H,8-9,13H2,1-2H3. The molecule has 6 heteroatoms. The van der Waals surface area contributed by atoms with Gasteiger partial charge in [0.25, 0.3) is 0 Å². The van der Waals surface area contributed by atoms with Crippen molar-refractivity contribution in [1.29, 1.82) is 0 Å². The summed E-state index contributed by atoms with van der Waals surface area (Å²) in [5, 5.41) is 14.1. The molecule has 0 atom stereocenters. The van der Waals surface area contributed by atoms with Crippen molar-refractivity contribution in [2.24, 2.45) is 0 Å². The molecule has 1 aliphatic heterocycles. The second-order valence-electron chi connectivity index (χ2n) is 7.23. The number of benzene rings is 2. The number of aliphatic hydroxyl groups is 1. The Morgan fingerprint density at radius 1 is 1.00 bits per heavy atom. The Hall–Kier alpha value is -3.38. The van der Waals surface area contributed by atoms with Gasteiger partial charge in [0.1, 0.15) is 13.2 Å². The maximum Gasteiger partial charge on any atom is 0.182 e. The molecule has 0 saturated carbocycles. The van der Waals surface area contributed by atoms with Crippen molar-refractivity contribution in [2.75, 3.05) is 13.2 Å². The van der Waals surface area contributed by atoms with Gasteiger partial charge in [0.15, 0.2) is 23.0 Å². The molecule has 2 aromatic carbocycles. The lowest BCUT2D eigenvalue weighted by molar-refractivity contribution is 0.171. The number of aryl methyl sites for hydroxylation is 1. The lowest BCUT2D eigenvalue weighted by atomic mass is 9.96. The van der Waals surface area contributed by atoms with Crippen molar-refractivity contribution in [3.63, 3.8) is 0 Å². The Balaban J connectivity index is 1.61. The quantitative estimate of drug-likeness (QED) is 0.577. The zero-order chi connectivity index (χ0) is 20.0. The van der Waals surface area contributed by atoms with E-state index in [9.17, 15) is 5.11 Å². The monoisotopic (exact) mass is 387 g/mol. The number of hydrogen-bond donors (Lipinski definition) is 1. The summed E-state index contributed by atoms with van der Waals surface area (Å²) in [6.45, 7) is 5.18. The zero-order valence-corrected chi connectivity index (χ0v) is 16.3. The van der Waals surface area contributed by atoms with Gasteiger partial charge in [-0.25, -0.2) is 9.50 Å². The molecule has 6 nitrogen and oxygen atoms in total. The lowest BCUT2D eigenvalue weighted by Crippen LogP contribution is -2.15. The first-order valence-corrected chi connectivity index (χ1v) is 9.61. The predicted molar refractivity (Wildman–Crippen MR) is 110 cm³/mol. The SMILES string of the molecule is Cc1c(-c2ccc3c(c2)OCCO3)cccc1-c1nc2c(C)cc(CO)cn2n1. The highest BCUT2D eigenvalue weighted by atomic mass is 16.6. The van der Waals surface area contributed by atoms with Gasteiger partial charge in [-0.1, -0.05) is 24.3 Å². The summed E-state index contributed by atoms with van der Waals surface area (Å²) in [4.78, 5) is 4.75. The number of pyridine rings is 1. The van der Waals surface area contributed by atoms with Gasteiger partial charge >= 0.3 is 0 Å². The van der Waals surface area contributed by atoms with E-state index >= 15 is 0 Å². The fourth-order valence-corrected chi connectivity index (χ4v) is 3.82. The third-order valence-electron chi connectivity index (χ3n) is 5.28. The normalized spacial score (nSPS) is 13.1. The summed E-state index contributed by atoms with van der Waals surface area (Å²) >= 11 is 0. The number of hydrogen-bond acceptors (Lipinski definition) is 5. The molecule has 0 unspecified atom stereocenters. The summed E-state index contributed by atoms with van der Waals surface area (Å²) in [7, 11) is 0. The Labute approximate surface area is 168 Å². The number of nitrogens with zero attached hydrogens (tertiary/aromatic N) is 3. The molecule has 0 spiro atoms. The van der Waals surface area contributed by atoms with Gasteiger partial charge < -0.3 is 14.6 Å². The van der Waals surface area contributed by atoms with Crippen LogP contribution in [0.15, 0.2) is 48.7 Å². The van der Waals surface area contributed by atoms with Crippen LogP contribution in [0.3, 0.4) is 0 Å². The molecule has 29 heavy (non-hydrogen) atoms. The van der Waals surface area contributed by atoms with Gasteiger partial charge in [0.05, 0.1) is 6.61 Å². The second-order valence-corrected chi connectivity index (χ2v) is 7.23. The maximum atomic E-state index is 9.46. The van der Waals surface area contributed by atoms with Gasteiger partial charge in [-0.15, -0.1) is 5.10 Å². The van der Waals surface area contributed by atoms with Gasteiger partial charge in [-0.05, 0) is 59.9 Å². The minimum Gasteiger partial charge on any atom is -0.486 e. The van der Waals surface area contributed by atoms with Crippen LogP contribution in [0.5, 0.6) is 11.5 Å². The second kappa shape index (κ2) is 6.90. The first-order chi connectivity index (χ1) is 14.1. The molecule has 0 fully saturated rings. The number of aliphatic hydroxyl groups excluding tert-OH is 1. The molecule has 5 rings (SSSR count). The minimum atomic E-state index is -0.0232. The van der Waals surface area contributed by atoms with Crippen molar-refractivity contribution in [3.05, 3.63) is 65.4 Å². The van der Waals surface area contributed by atoms with Crippen LogP contribution >= 0.6 is 0 Å². The molecule has 0 bridgehead atoms. The van der Waals surface area contributed by atoms with Gasteiger partial charge in [0.2, 0.25) is 0 Å². The largest absolute Gasteiger partial charge is 0.486 e. The summed E-state index contributed by atoms with van der Waals surface area (Å²) in [5.41, 5.74) is 6.83. The van der Waals surface area contributed by atoms with Crippen LogP contribution in [0.1, 0.15) is 16.7 Å². The number of rotatable bonds is 3. The highest BCUT2D eigenvalue weighted by Crippen LogP contribution is 2.37. The lowest BCUT2D eigenvalue weighted by Gasteiger charge is -2.19. The van der Waals surface area contributed by atoms with E-state index in [1.54, 1.807) is 4.52 Å². The Morgan fingerprint density at radius 3 is 2.62 bits per heavy atom. The van der Waals surface area contributed by atoms with Crippen LogP contribution in [-0.4, -0.2) is 32.9 Å². The molecular formula is C23H21N3O3. The van der Waals surface area contributed by atoms with Crippen molar-refractivity contribution in [1.82, 2.24) is 14.6 Å². The van der Waals surface area contributed by atoms with E-state index in [1.807, 2.05) is 43.5 Å². The van der Waals surface area contributed by atoms with E-state index in [-0.39, 0.29) is 6.61 Å². The smallest absolute Gasteiger partial charge is 0.182 e. The van der Waals surface area contributed by atoms with E-state index in [0.717, 1.165) is 50.5 Å².